The van der Waals surface area contributed by atoms with Gasteiger partial charge in [-0.05, 0) is 32.4 Å². The predicted molar refractivity (Wildman–Crippen MR) is 81.6 cm³/mol. The van der Waals surface area contributed by atoms with Crippen molar-refractivity contribution >= 4 is 5.82 Å². The predicted octanol–water partition coefficient (Wildman–Crippen LogP) is 3.31. The van der Waals surface area contributed by atoms with E-state index >= 15 is 0 Å². The second-order valence-electron chi connectivity index (χ2n) is 5.12. The van der Waals surface area contributed by atoms with Crippen LogP contribution in [0.2, 0.25) is 0 Å². The molecule has 0 fully saturated rings. The highest BCUT2D eigenvalue weighted by atomic mass is 16.5. The molecule has 2 N–H and O–H groups in total. The maximum absolute atomic E-state index is 6.00. The summed E-state index contributed by atoms with van der Waals surface area (Å²) in [6, 6.07) is 10.0. The summed E-state index contributed by atoms with van der Waals surface area (Å²) in [5, 5.41) is 12.1. The highest BCUT2D eigenvalue weighted by molar-refractivity contribution is 5.87. The minimum atomic E-state index is 0.378. The van der Waals surface area contributed by atoms with Crippen molar-refractivity contribution in [1.29, 1.82) is 0 Å². The van der Waals surface area contributed by atoms with Gasteiger partial charge in [-0.1, -0.05) is 35.0 Å². The smallest absolute Gasteiger partial charge is 0.178 e. The molecule has 5 heteroatoms. The highest BCUT2D eigenvalue weighted by Gasteiger charge is 2.20. The molecule has 0 saturated carbocycles. The fourth-order valence-corrected chi connectivity index (χ4v) is 2.27. The van der Waals surface area contributed by atoms with E-state index in [9.17, 15) is 0 Å². The molecule has 106 valence electrons. The molecule has 2 heterocycles. The number of nitrogen functional groups attached to an aromatic ring is 1. The van der Waals surface area contributed by atoms with Crippen LogP contribution in [-0.4, -0.2) is 15.4 Å². The Balaban J connectivity index is 2.21. The van der Waals surface area contributed by atoms with Crippen LogP contribution in [0.3, 0.4) is 0 Å². The third kappa shape index (κ3) is 2.38. The van der Waals surface area contributed by atoms with Gasteiger partial charge in [0.2, 0.25) is 0 Å². The van der Waals surface area contributed by atoms with E-state index in [1.807, 2.05) is 51.1 Å². The van der Waals surface area contributed by atoms with Crippen LogP contribution in [0.15, 0.2) is 34.9 Å². The molecule has 3 aromatic rings. The third-order valence-electron chi connectivity index (χ3n) is 3.40. The second-order valence-corrected chi connectivity index (χ2v) is 5.12. The van der Waals surface area contributed by atoms with Crippen LogP contribution >= 0.6 is 0 Å². The SMILES string of the molecule is Cc1ccc(-c2c(N)noc2-c2cc(C)nnc2C)cc1. The van der Waals surface area contributed by atoms with E-state index in [1.54, 1.807) is 0 Å². The zero-order valence-corrected chi connectivity index (χ0v) is 12.2. The number of aromatic nitrogens is 3. The molecular formula is C16H16N4O. The summed E-state index contributed by atoms with van der Waals surface area (Å²) < 4.78 is 5.46. The first-order chi connectivity index (χ1) is 10.1. The summed E-state index contributed by atoms with van der Waals surface area (Å²) >= 11 is 0. The van der Waals surface area contributed by atoms with Gasteiger partial charge in [-0.3, -0.25) is 0 Å². The number of rotatable bonds is 2. The molecule has 1 aromatic carbocycles. The van der Waals surface area contributed by atoms with Gasteiger partial charge < -0.3 is 10.3 Å². The van der Waals surface area contributed by atoms with Crippen LogP contribution in [0.1, 0.15) is 17.0 Å². The first-order valence-electron chi connectivity index (χ1n) is 6.69. The zero-order chi connectivity index (χ0) is 15.0. The Morgan fingerprint density at radius 1 is 1.00 bits per heavy atom. The molecule has 0 spiro atoms. The number of nitrogens with two attached hydrogens (primary N) is 1. The number of benzene rings is 1. The Labute approximate surface area is 122 Å². The molecule has 2 aromatic heterocycles. The minimum Gasteiger partial charge on any atom is -0.380 e. The lowest BCUT2D eigenvalue weighted by Gasteiger charge is -2.06. The Morgan fingerprint density at radius 3 is 2.43 bits per heavy atom. The van der Waals surface area contributed by atoms with Gasteiger partial charge in [-0.2, -0.15) is 10.2 Å². The summed E-state index contributed by atoms with van der Waals surface area (Å²) in [6.45, 7) is 5.82. The van der Waals surface area contributed by atoms with E-state index in [4.69, 9.17) is 10.3 Å². The second kappa shape index (κ2) is 5.01. The average Bonchev–Trinajstić information content (AvgIpc) is 2.84. The Hall–Kier alpha value is -2.69. The molecule has 0 atom stereocenters. The summed E-state index contributed by atoms with van der Waals surface area (Å²) in [5.41, 5.74) is 11.4. The number of anilines is 1. The fraction of sp³-hybridized carbons (Fsp3) is 0.188. The van der Waals surface area contributed by atoms with Crippen molar-refractivity contribution in [2.45, 2.75) is 20.8 Å². The maximum Gasteiger partial charge on any atom is 0.178 e. The molecule has 0 amide bonds. The van der Waals surface area contributed by atoms with Crippen LogP contribution in [-0.2, 0) is 0 Å². The normalized spacial score (nSPS) is 10.8. The molecule has 5 nitrogen and oxygen atoms in total. The molecule has 0 aliphatic heterocycles. The van der Waals surface area contributed by atoms with Gasteiger partial charge in [0.25, 0.3) is 0 Å². The Kier molecular flexibility index (Phi) is 3.17. The average molecular weight is 280 g/mol. The van der Waals surface area contributed by atoms with E-state index in [0.29, 0.717) is 11.6 Å². The number of nitrogens with zero attached hydrogens (tertiary/aromatic N) is 3. The monoisotopic (exact) mass is 280 g/mol. The highest BCUT2D eigenvalue weighted by Crippen LogP contribution is 2.37. The zero-order valence-electron chi connectivity index (χ0n) is 12.2. The first kappa shape index (κ1) is 13.3. The van der Waals surface area contributed by atoms with Crippen molar-refractivity contribution in [2.75, 3.05) is 5.73 Å². The minimum absolute atomic E-state index is 0.378. The van der Waals surface area contributed by atoms with Crippen molar-refractivity contribution in [3.05, 3.63) is 47.3 Å². The van der Waals surface area contributed by atoms with E-state index in [2.05, 4.69) is 15.4 Å². The first-order valence-corrected chi connectivity index (χ1v) is 6.69. The molecule has 0 radical (unpaired) electrons. The molecule has 0 bridgehead atoms. The van der Waals surface area contributed by atoms with Crippen LogP contribution in [0.4, 0.5) is 5.82 Å². The van der Waals surface area contributed by atoms with Crippen molar-refractivity contribution in [3.8, 4) is 22.5 Å². The molecule has 21 heavy (non-hydrogen) atoms. The van der Waals surface area contributed by atoms with Gasteiger partial charge in [0, 0.05) is 5.56 Å². The lowest BCUT2D eigenvalue weighted by molar-refractivity contribution is 0.435. The molecule has 0 saturated heterocycles. The summed E-state index contributed by atoms with van der Waals surface area (Å²) in [5.74, 6) is 1.01. The summed E-state index contributed by atoms with van der Waals surface area (Å²) in [4.78, 5) is 0. The molecule has 0 aliphatic carbocycles. The standard InChI is InChI=1S/C16H16N4O/c1-9-4-6-12(7-5-9)14-15(21-20-16(14)17)13-8-10(2)18-19-11(13)3/h4-8H,1-3H3,(H2,17,20). The van der Waals surface area contributed by atoms with Gasteiger partial charge in [0.1, 0.15) is 0 Å². The van der Waals surface area contributed by atoms with E-state index in [1.165, 1.54) is 5.56 Å². The topological polar surface area (TPSA) is 77.8 Å². The van der Waals surface area contributed by atoms with Gasteiger partial charge in [-0.25, -0.2) is 0 Å². The quantitative estimate of drug-likeness (QED) is 0.779. The van der Waals surface area contributed by atoms with Gasteiger partial charge >= 0.3 is 0 Å². The molecular weight excluding hydrogens is 264 g/mol. The number of aryl methyl sites for hydroxylation is 3. The lowest BCUT2D eigenvalue weighted by atomic mass is 10.00. The molecule has 0 unspecified atom stereocenters. The van der Waals surface area contributed by atoms with Crippen LogP contribution < -0.4 is 5.73 Å². The van der Waals surface area contributed by atoms with Crippen molar-refractivity contribution in [1.82, 2.24) is 15.4 Å². The summed E-state index contributed by atoms with van der Waals surface area (Å²) in [6.07, 6.45) is 0. The van der Waals surface area contributed by atoms with Crippen LogP contribution in [0, 0.1) is 20.8 Å². The van der Waals surface area contributed by atoms with Gasteiger partial charge in [0.15, 0.2) is 11.6 Å². The van der Waals surface area contributed by atoms with Crippen LogP contribution in [0.5, 0.6) is 0 Å². The molecule has 0 aliphatic rings. The van der Waals surface area contributed by atoms with Crippen molar-refractivity contribution < 1.29 is 4.52 Å². The Morgan fingerprint density at radius 2 is 1.71 bits per heavy atom. The summed E-state index contributed by atoms with van der Waals surface area (Å²) in [7, 11) is 0. The van der Waals surface area contributed by atoms with E-state index < -0.39 is 0 Å². The largest absolute Gasteiger partial charge is 0.380 e. The van der Waals surface area contributed by atoms with Crippen molar-refractivity contribution in [3.63, 3.8) is 0 Å². The van der Waals surface area contributed by atoms with Gasteiger partial charge in [0.05, 0.1) is 17.0 Å². The van der Waals surface area contributed by atoms with Crippen LogP contribution in [0.25, 0.3) is 22.5 Å². The number of hydrogen-bond acceptors (Lipinski definition) is 5. The van der Waals surface area contributed by atoms with Gasteiger partial charge in [-0.15, -0.1) is 0 Å². The van der Waals surface area contributed by atoms with E-state index in [-0.39, 0.29) is 0 Å². The Bertz CT molecular complexity index is 791. The number of hydrogen-bond donors (Lipinski definition) is 1. The third-order valence-corrected chi connectivity index (χ3v) is 3.40. The maximum atomic E-state index is 6.00. The van der Waals surface area contributed by atoms with Crippen molar-refractivity contribution in [2.24, 2.45) is 0 Å². The van der Waals surface area contributed by atoms with E-state index in [0.717, 1.165) is 28.1 Å². The lowest BCUT2D eigenvalue weighted by Crippen LogP contribution is -1.95. The molecule has 3 rings (SSSR count). The fourth-order valence-electron chi connectivity index (χ4n) is 2.27.